The van der Waals surface area contributed by atoms with Gasteiger partial charge in [-0.1, -0.05) is 31.5 Å². The van der Waals surface area contributed by atoms with Crippen LogP contribution in [-0.4, -0.2) is 48.6 Å². The summed E-state index contributed by atoms with van der Waals surface area (Å²) < 4.78 is 0. The number of carbonyl (C=O) groups excluding carboxylic acids is 1. The van der Waals surface area contributed by atoms with Crippen molar-refractivity contribution in [1.29, 1.82) is 0 Å². The van der Waals surface area contributed by atoms with Gasteiger partial charge in [0.1, 0.15) is 0 Å². The summed E-state index contributed by atoms with van der Waals surface area (Å²) in [5, 5.41) is 8.85. The minimum atomic E-state index is -0.859. The highest BCUT2D eigenvalue weighted by Crippen LogP contribution is 2.13. The van der Waals surface area contributed by atoms with Crippen molar-refractivity contribution in [2.75, 3.05) is 31.6 Å². The molecule has 0 aliphatic rings. The lowest BCUT2D eigenvalue weighted by molar-refractivity contribution is -0.137. The van der Waals surface area contributed by atoms with Crippen molar-refractivity contribution in [1.82, 2.24) is 4.90 Å². The molecule has 1 rings (SSSR count). The lowest BCUT2D eigenvalue weighted by Gasteiger charge is -2.26. The number of unbranched alkanes of at least 4 members (excludes halogenated alkanes) is 1. The van der Waals surface area contributed by atoms with Crippen LogP contribution in [0.1, 0.15) is 26.2 Å². The van der Waals surface area contributed by atoms with Gasteiger partial charge >= 0.3 is 5.97 Å². The normalized spacial score (nSPS) is 10.2. The Labute approximate surface area is 126 Å². The molecular weight excluding hydrogens is 268 g/mol. The predicted octanol–water partition coefficient (Wildman–Crippen LogP) is 2.23. The third kappa shape index (κ3) is 6.29. The number of para-hydroxylation sites is 1. The van der Waals surface area contributed by atoms with Gasteiger partial charge in [0.2, 0.25) is 5.91 Å². The third-order valence-electron chi connectivity index (χ3n) is 3.32. The lowest BCUT2D eigenvalue weighted by atomic mass is 10.2. The average molecular weight is 292 g/mol. The first-order chi connectivity index (χ1) is 10.0. The van der Waals surface area contributed by atoms with Crippen LogP contribution in [0.3, 0.4) is 0 Å². The van der Waals surface area contributed by atoms with Gasteiger partial charge in [-0.05, 0) is 18.6 Å². The van der Waals surface area contributed by atoms with E-state index in [9.17, 15) is 9.59 Å². The molecule has 0 fully saturated rings. The van der Waals surface area contributed by atoms with E-state index < -0.39 is 5.97 Å². The molecular formula is C16H24N2O3. The molecule has 1 amide bonds. The maximum absolute atomic E-state index is 12.2. The van der Waals surface area contributed by atoms with Gasteiger partial charge in [-0.25, -0.2) is 0 Å². The fourth-order valence-corrected chi connectivity index (χ4v) is 1.97. The van der Waals surface area contributed by atoms with E-state index in [0.29, 0.717) is 6.54 Å². The zero-order chi connectivity index (χ0) is 15.7. The predicted molar refractivity (Wildman–Crippen MR) is 83.5 cm³/mol. The van der Waals surface area contributed by atoms with Crippen molar-refractivity contribution in [3.05, 3.63) is 30.3 Å². The van der Waals surface area contributed by atoms with Gasteiger partial charge in [0.05, 0.1) is 13.0 Å². The molecule has 0 saturated heterocycles. The number of carboxylic acids is 1. The molecule has 1 N–H and O–H groups in total. The van der Waals surface area contributed by atoms with Gasteiger partial charge in [-0.2, -0.15) is 0 Å². The first-order valence-electron chi connectivity index (χ1n) is 7.30. The summed E-state index contributed by atoms with van der Waals surface area (Å²) >= 11 is 0. The Kier molecular flexibility index (Phi) is 7.29. The van der Waals surface area contributed by atoms with E-state index in [1.807, 2.05) is 35.2 Å². The summed E-state index contributed by atoms with van der Waals surface area (Å²) in [6, 6.07) is 9.44. The Morgan fingerprint density at radius 1 is 1.14 bits per heavy atom. The highest BCUT2D eigenvalue weighted by atomic mass is 16.4. The fraction of sp³-hybridized carbons (Fsp3) is 0.500. The van der Waals surface area contributed by atoms with E-state index in [1.165, 1.54) is 0 Å². The Bertz CT molecular complexity index is 448. The van der Waals surface area contributed by atoms with Crippen LogP contribution in [0.5, 0.6) is 0 Å². The Morgan fingerprint density at radius 3 is 2.38 bits per heavy atom. The molecule has 0 heterocycles. The molecule has 0 bridgehead atoms. The summed E-state index contributed by atoms with van der Waals surface area (Å²) in [5.74, 6) is -0.847. The maximum Gasteiger partial charge on any atom is 0.305 e. The standard InChI is InChI=1S/C16H24N2O3/c1-3-4-11-17(2)15(19)13-18(12-10-16(20)21)14-8-6-5-7-9-14/h5-9H,3-4,10-13H2,1-2H3,(H,20,21). The first kappa shape index (κ1) is 17.0. The molecule has 21 heavy (non-hydrogen) atoms. The average Bonchev–Trinajstić information content (AvgIpc) is 2.49. The molecule has 0 atom stereocenters. The first-order valence-corrected chi connectivity index (χ1v) is 7.30. The number of amides is 1. The summed E-state index contributed by atoms with van der Waals surface area (Å²) in [5.41, 5.74) is 0.871. The van der Waals surface area contributed by atoms with Crippen molar-refractivity contribution in [2.45, 2.75) is 26.2 Å². The molecule has 0 saturated carbocycles. The van der Waals surface area contributed by atoms with Crippen molar-refractivity contribution in [3.8, 4) is 0 Å². The number of rotatable bonds is 9. The Balaban J connectivity index is 2.68. The molecule has 0 aliphatic carbocycles. The van der Waals surface area contributed by atoms with Gasteiger partial charge in [0, 0.05) is 25.8 Å². The van der Waals surface area contributed by atoms with E-state index in [-0.39, 0.29) is 18.9 Å². The SMILES string of the molecule is CCCCN(C)C(=O)CN(CCC(=O)O)c1ccccc1. The summed E-state index contributed by atoms with van der Waals surface area (Å²) in [4.78, 5) is 26.5. The number of benzene rings is 1. The van der Waals surface area contributed by atoms with Crippen LogP contribution in [0.25, 0.3) is 0 Å². The lowest BCUT2D eigenvalue weighted by Crippen LogP contribution is -2.39. The van der Waals surface area contributed by atoms with Crippen molar-refractivity contribution >= 4 is 17.6 Å². The molecule has 0 aromatic heterocycles. The monoisotopic (exact) mass is 292 g/mol. The van der Waals surface area contributed by atoms with E-state index in [1.54, 1.807) is 11.9 Å². The Hall–Kier alpha value is -2.04. The van der Waals surface area contributed by atoms with Gasteiger partial charge in [-0.3, -0.25) is 9.59 Å². The second kappa shape index (κ2) is 9.00. The van der Waals surface area contributed by atoms with Gasteiger partial charge in [0.15, 0.2) is 0 Å². The summed E-state index contributed by atoms with van der Waals surface area (Å²) in [7, 11) is 1.79. The molecule has 5 heteroatoms. The number of hydrogen-bond acceptors (Lipinski definition) is 3. The minimum absolute atomic E-state index is 0.0118. The number of nitrogens with zero attached hydrogens (tertiary/aromatic N) is 2. The second-order valence-electron chi connectivity index (χ2n) is 5.07. The van der Waals surface area contributed by atoms with Gasteiger partial charge in [-0.15, -0.1) is 0 Å². The van der Waals surface area contributed by atoms with Gasteiger partial charge in [0.25, 0.3) is 0 Å². The fourth-order valence-electron chi connectivity index (χ4n) is 1.97. The molecule has 1 aromatic rings. The van der Waals surface area contributed by atoms with Crippen LogP contribution >= 0.6 is 0 Å². The van der Waals surface area contributed by atoms with Crippen LogP contribution in [0.2, 0.25) is 0 Å². The molecule has 0 unspecified atom stereocenters. The highest BCUT2D eigenvalue weighted by Gasteiger charge is 2.15. The van der Waals surface area contributed by atoms with E-state index in [2.05, 4.69) is 6.92 Å². The topological polar surface area (TPSA) is 60.9 Å². The maximum atomic E-state index is 12.2. The largest absolute Gasteiger partial charge is 0.481 e. The van der Waals surface area contributed by atoms with E-state index in [0.717, 1.165) is 25.1 Å². The number of anilines is 1. The molecule has 5 nitrogen and oxygen atoms in total. The van der Waals surface area contributed by atoms with E-state index >= 15 is 0 Å². The second-order valence-corrected chi connectivity index (χ2v) is 5.07. The molecule has 0 aliphatic heterocycles. The number of carbonyl (C=O) groups is 2. The van der Waals surface area contributed by atoms with Crippen LogP contribution in [0, 0.1) is 0 Å². The zero-order valence-electron chi connectivity index (χ0n) is 12.8. The van der Waals surface area contributed by atoms with Crippen LogP contribution in [0.15, 0.2) is 30.3 Å². The van der Waals surface area contributed by atoms with Crippen molar-refractivity contribution in [3.63, 3.8) is 0 Å². The molecule has 1 aromatic carbocycles. The molecule has 116 valence electrons. The van der Waals surface area contributed by atoms with Crippen LogP contribution < -0.4 is 4.90 Å². The van der Waals surface area contributed by atoms with Crippen LogP contribution in [-0.2, 0) is 9.59 Å². The van der Waals surface area contributed by atoms with Crippen molar-refractivity contribution in [2.24, 2.45) is 0 Å². The van der Waals surface area contributed by atoms with E-state index in [4.69, 9.17) is 5.11 Å². The summed E-state index contributed by atoms with van der Waals surface area (Å²) in [6.45, 7) is 3.35. The molecule has 0 radical (unpaired) electrons. The number of aliphatic carboxylic acids is 1. The highest BCUT2D eigenvalue weighted by molar-refractivity contribution is 5.81. The quantitative estimate of drug-likeness (QED) is 0.758. The number of likely N-dealkylation sites (N-methyl/N-ethyl adjacent to an activating group) is 1. The zero-order valence-corrected chi connectivity index (χ0v) is 12.8. The smallest absolute Gasteiger partial charge is 0.305 e. The minimum Gasteiger partial charge on any atom is -0.481 e. The van der Waals surface area contributed by atoms with Gasteiger partial charge < -0.3 is 14.9 Å². The number of hydrogen-bond donors (Lipinski definition) is 1. The van der Waals surface area contributed by atoms with Crippen molar-refractivity contribution < 1.29 is 14.7 Å². The summed E-state index contributed by atoms with van der Waals surface area (Å²) in [6.07, 6.45) is 2.03. The van der Waals surface area contributed by atoms with Crippen LogP contribution in [0.4, 0.5) is 5.69 Å². The Morgan fingerprint density at radius 2 is 1.81 bits per heavy atom. The number of carboxylic acid groups (broad SMARTS) is 1. The molecule has 0 spiro atoms. The third-order valence-corrected chi connectivity index (χ3v) is 3.32.